The third kappa shape index (κ3) is 3.40. The molecule has 1 aliphatic heterocycles. The van der Waals surface area contributed by atoms with Gasteiger partial charge in [0.05, 0.1) is 11.9 Å². The molecule has 3 N–H and O–H groups in total. The molecule has 5 heteroatoms. The van der Waals surface area contributed by atoms with Gasteiger partial charge >= 0.3 is 0 Å². The molecule has 0 spiro atoms. The number of amides is 1. The molecule has 1 aromatic rings. The van der Waals surface area contributed by atoms with E-state index in [1.54, 1.807) is 6.20 Å². The minimum Gasteiger partial charge on any atom is -0.396 e. The quantitative estimate of drug-likeness (QED) is 0.746. The molecule has 27 heavy (non-hydrogen) atoms. The molecule has 4 fully saturated rings. The number of rotatable bonds is 5. The number of aliphatic hydroxyl groups excluding tert-OH is 1. The van der Waals surface area contributed by atoms with Gasteiger partial charge in [0.2, 0.25) is 5.91 Å². The lowest BCUT2D eigenvalue weighted by molar-refractivity contribution is -0.124. The van der Waals surface area contributed by atoms with Crippen LogP contribution in [0.3, 0.4) is 0 Å². The summed E-state index contributed by atoms with van der Waals surface area (Å²) in [7, 11) is 0. The van der Waals surface area contributed by atoms with Crippen molar-refractivity contribution in [3.8, 4) is 0 Å². The minimum absolute atomic E-state index is 0.171. The first kappa shape index (κ1) is 17.6. The minimum atomic E-state index is 0.171. The average Bonchev–Trinajstić information content (AvgIpc) is 2.60. The molecular weight excluding hydrogens is 338 g/mol. The van der Waals surface area contributed by atoms with Crippen LogP contribution in [0.1, 0.15) is 62.5 Å². The lowest BCUT2D eigenvalue weighted by Crippen LogP contribution is -2.47. The number of carbonyl (C=O) groups is 1. The number of fused-ring (bicyclic) bond motifs is 1. The van der Waals surface area contributed by atoms with Gasteiger partial charge < -0.3 is 15.7 Å². The Morgan fingerprint density at radius 2 is 1.89 bits per heavy atom. The largest absolute Gasteiger partial charge is 0.396 e. The van der Waals surface area contributed by atoms with E-state index in [0.29, 0.717) is 12.5 Å². The molecule has 1 aromatic heterocycles. The molecule has 5 nitrogen and oxygen atoms in total. The van der Waals surface area contributed by atoms with Crippen LogP contribution in [0.5, 0.6) is 0 Å². The Hall–Kier alpha value is -1.46. The predicted octanol–water partition coefficient (Wildman–Crippen LogP) is 3.02. The van der Waals surface area contributed by atoms with Crippen molar-refractivity contribution in [1.29, 1.82) is 0 Å². The zero-order valence-corrected chi connectivity index (χ0v) is 16.0. The van der Waals surface area contributed by atoms with Gasteiger partial charge in [0.1, 0.15) is 0 Å². The van der Waals surface area contributed by atoms with E-state index in [1.807, 2.05) is 6.20 Å². The van der Waals surface area contributed by atoms with E-state index >= 15 is 0 Å². The van der Waals surface area contributed by atoms with Gasteiger partial charge in [0, 0.05) is 31.8 Å². The standard InChI is InChI=1S/C22H31N3O2/c26-2-1-18-6-17-11-23-13-20(19(17)12-24-18)25-21(27)10-22-7-14-3-15(8-22)5-16(4-14)9-22/h11,13-16,18,24,26H,1-10,12H2,(H,25,27). The first-order valence-corrected chi connectivity index (χ1v) is 10.7. The van der Waals surface area contributed by atoms with Crippen LogP contribution in [0.25, 0.3) is 0 Å². The van der Waals surface area contributed by atoms with Gasteiger partial charge in [-0.3, -0.25) is 9.78 Å². The summed E-state index contributed by atoms with van der Waals surface area (Å²) >= 11 is 0. The number of hydrogen-bond acceptors (Lipinski definition) is 4. The lowest BCUT2D eigenvalue weighted by Gasteiger charge is -2.56. The highest BCUT2D eigenvalue weighted by atomic mass is 16.3. The van der Waals surface area contributed by atoms with Crippen LogP contribution in [0, 0.1) is 23.2 Å². The van der Waals surface area contributed by atoms with Crippen molar-refractivity contribution in [3.63, 3.8) is 0 Å². The van der Waals surface area contributed by atoms with Crippen LogP contribution in [0.15, 0.2) is 12.4 Å². The van der Waals surface area contributed by atoms with Crippen LogP contribution < -0.4 is 10.6 Å². The topological polar surface area (TPSA) is 74.2 Å². The molecule has 0 saturated heterocycles. The number of pyridine rings is 1. The highest BCUT2D eigenvalue weighted by molar-refractivity contribution is 5.92. The van der Waals surface area contributed by atoms with Crippen molar-refractivity contribution < 1.29 is 9.90 Å². The van der Waals surface area contributed by atoms with Crippen LogP contribution in [0.4, 0.5) is 5.69 Å². The Morgan fingerprint density at radius 3 is 2.56 bits per heavy atom. The molecule has 1 atom stereocenters. The Bertz CT molecular complexity index is 697. The van der Waals surface area contributed by atoms with Gasteiger partial charge in [-0.05, 0) is 85.7 Å². The molecule has 6 rings (SSSR count). The number of nitrogens with one attached hydrogen (secondary N) is 2. The second-order valence-electron chi connectivity index (χ2n) is 9.76. The van der Waals surface area contributed by atoms with Crippen LogP contribution in [-0.4, -0.2) is 28.6 Å². The fourth-order valence-corrected chi connectivity index (χ4v) is 7.01. The van der Waals surface area contributed by atoms with Gasteiger partial charge in [-0.25, -0.2) is 0 Å². The third-order valence-electron chi connectivity index (χ3n) is 7.63. The molecule has 5 aliphatic rings. The highest BCUT2D eigenvalue weighted by Crippen LogP contribution is 2.61. The van der Waals surface area contributed by atoms with E-state index in [-0.39, 0.29) is 17.9 Å². The second kappa shape index (κ2) is 6.85. The van der Waals surface area contributed by atoms with Gasteiger partial charge in [-0.15, -0.1) is 0 Å². The average molecular weight is 370 g/mol. The van der Waals surface area contributed by atoms with Crippen LogP contribution in [-0.2, 0) is 17.8 Å². The van der Waals surface area contributed by atoms with Crippen molar-refractivity contribution >= 4 is 11.6 Å². The van der Waals surface area contributed by atoms with Crippen molar-refractivity contribution in [2.45, 2.75) is 70.4 Å². The SMILES string of the molecule is O=C(CC12CC3CC(CC(C3)C1)C2)Nc1cncc2c1CNC(CCO)C2. The summed E-state index contributed by atoms with van der Waals surface area (Å²) in [4.78, 5) is 17.3. The molecule has 146 valence electrons. The first-order valence-electron chi connectivity index (χ1n) is 10.7. The number of hydrogen-bond donors (Lipinski definition) is 3. The van der Waals surface area contributed by atoms with Crippen molar-refractivity contribution in [2.75, 3.05) is 11.9 Å². The first-order chi connectivity index (χ1) is 13.1. The molecule has 4 saturated carbocycles. The van der Waals surface area contributed by atoms with Crippen molar-refractivity contribution in [3.05, 3.63) is 23.5 Å². The molecule has 2 heterocycles. The molecule has 0 radical (unpaired) electrons. The Balaban J connectivity index is 1.28. The van der Waals surface area contributed by atoms with Crippen molar-refractivity contribution in [1.82, 2.24) is 10.3 Å². The van der Waals surface area contributed by atoms with E-state index in [4.69, 9.17) is 0 Å². The Labute approximate surface area is 161 Å². The summed E-state index contributed by atoms with van der Waals surface area (Å²) in [6, 6.07) is 0.294. The maximum atomic E-state index is 13.0. The predicted molar refractivity (Wildman–Crippen MR) is 104 cm³/mol. The number of aromatic nitrogens is 1. The van der Waals surface area contributed by atoms with Gasteiger partial charge in [0.25, 0.3) is 0 Å². The van der Waals surface area contributed by atoms with Crippen LogP contribution >= 0.6 is 0 Å². The fraction of sp³-hybridized carbons (Fsp3) is 0.727. The summed E-state index contributed by atoms with van der Waals surface area (Å²) < 4.78 is 0. The summed E-state index contributed by atoms with van der Waals surface area (Å²) in [5, 5.41) is 15.9. The molecule has 4 aliphatic carbocycles. The smallest absolute Gasteiger partial charge is 0.224 e. The second-order valence-corrected chi connectivity index (χ2v) is 9.76. The zero-order valence-electron chi connectivity index (χ0n) is 16.0. The molecule has 0 aromatic carbocycles. The maximum absolute atomic E-state index is 13.0. The molecule has 1 unspecified atom stereocenters. The normalized spacial score (nSPS) is 36.5. The number of nitrogens with zero attached hydrogens (tertiary/aromatic N) is 1. The molecule has 4 bridgehead atoms. The fourth-order valence-electron chi connectivity index (χ4n) is 7.01. The third-order valence-corrected chi connectivity index (χ3v) is 7.63. The van der Waals surface area contributed by atoms with Gasteiger partial charge in [-0.2, -0.15) is 0 Å². The highest BCUT2D eigenvalue weighted by Gasteiger charge is 2.51. The van der Waals surface area contributed by atoms with E-state index in [1.165, 1.54) is 44.1 Å². The van der Waals surface area contributed by atoms with Gasteiger partial charge in [-0.1, -0.05) is 0 Å². The van der Waals surface area contributed by atoms with E-state index in [9.17, 15) is 9.90 Å². The number of anilines is 1. The molecular formula is C22H31N3O2. The van der Waals surface area contributed by atoms with E-state index < -0.39 is 0 Å². The van der Waals surface area contributed by atoms with Gasteiger partial charge in [0.15, 0.2) is 0 Å². The number of carbonyl (C=O) groups excluding carboxylic acids is 1. The van der Waals surface area contributed by atoms with E-state index in [2.05, 4.69) is 15.6 Å². The molecule has 1 amide bonds. The maximum Gasteiger partial charge on any atom is 0.224 e. The van der Waals surface area contributed by atoms with Crippen molar-refractivity contribution in [2.24, 2.45) is 23.2 Å². The zero-order chi connectivity index (χ0) is 18.4. The summed E-state index contributed by atoms with van der Waals surface area (Å²) in [5.74, 6) is 2.80. The monoisotopic (exact) mass is 369 g/mol. The summed E-state index contributed by atoms with van der Waals surface area (Å²) in [6.07, 6.45) is 14.0. The lowest BCUT2D eigenvalue weighted by atomic mass is 9.49. The number of aliphatic hydroxyl groups is 1. The summed E-state index contributed by atoms with van der Waals surface area (Å²) in [6.45, 7) is 0.928. The summed E-state index contributed by atoms with van der Waals surface area (Å²) in [5.41, 5.74) is 3.50. The van der Waals surface area contributed by atoms with E-state index in [0.717, 1.165) is 48.4 Å². The Morgan fingerprint density at radius 1 is 1.19 bits per heavy atom. The van der Waals surface area contributed by atoms with Crippen LogP contribution in [0.2, 0.25) is 0 Å². The Kier molecular flexibility index (Phi) is 4.47.